The maximum Gasteiger partial charge on any atom is 0.252 e. The molecule has 2 rings (SSSR count). The molecule has 0 aliphatic heterocycles. The molecule has 0 saturated heterocycles. The van der Waals surface area contributed by atoms with Gasteiger partial charge < -0.3 is 15.0 Å². The molecule has 15 heavy (non-hydrogen) atoms. The van der Waals surface area contributed by atoms with Crippen LogP contribution in [0.25, 0.3) is 0 Å². The van der Waals surface area contributed by atoms with Gasteiger partial charge >= 0.3 is 0 Å². The molecule has 5 nitrogen and oxygen atoms in total. The first-order valence-corrected chi connectivity index (χ1v) is 5.07. The summed E-state index contributed by atoms with van der Waals surface area (Å²) in [5.74, 6) is 0.596. The number of aromatic nitrogens is 2. The first-order valence-electron chi connectivity index (χ1n) is 5.07. The van der Waals surface area contributed by atoms with Gasteiger partial charge in [0.1, 0.15) is 5.82 Å². The van der Waals surface area contributed by atoms with Crippen LogP contribution in [0, 0.1) is 0 Å². The number of hydrogen-bond acceptors (Lipinski definition) is 4. The first-order chi connectivity index (χ1) is 7.09. The Hall–Kier alpha value is -1.36. The normalized spacial score (nSPS) is 18.3. The summed E-state index contributed by atoms with van der Waals surface area (Å²) < 4.78 is 0. The van der Waals surface area contributed by atoms with Crippen molar-refractivity contribution in [2.45, 2.75) is 24.9 Å². The summed E-state index contributed by atoms with van der Waals surface area (Å²) in [6.07, 6.45) is 4.12. The highest BCUT2D eigenvalue weighted by Gasteiger charge is 2.35. The fourth-order valence-electron chi connectivity index (χ4n) is 1.83. The van der Waals surface area contributed by atoms with Crippen LogP contribution < -0.4 is 10.5 Å². The van der Waals surface area contributed by atoms with Crippen LogP contribution in [0.3, 0.4) is 0 Å². The van der Waals surface area contributed by atoms with Crippen molar-refractivity contribution in [2.24, 2.45) is 0 Å². The third-order valence-electron chi connectivity index (χ3n) is 2.87. The molecule has 1 aromatic rings. The molecule has 1 aliphatic rings. The van der Waals surface area contributed by atoms with Crippen LogP contribution in [0.2, 0.25) is 0 Å². The predicted octanol–water partition coefficient (Wildman–Crippen LogP) is 0.121. The Morgan fingerprint density at radius 3 is 2.93 bits per heavy atom. The van der Waals surface area contributed by atoms with E-state index in [0.29, 0.717) is 12.4 Å². The molecular formula is C10H15N3O2. The lowest BCUT2D eigenvalue weighted by Crippen LogP contribution is -2.47. The first kappa shape index (κ1) is 10.2. The molecule has 1 fully saturated rings. The van der Waals surface area contributed by atoms with Crippen LogP contribution in [0.5, 0.6) is 0 Å². The minimum absolute atomic E-state index is 0.174. The van der Waals surface area contributed by atoms with Crippen LogP contribution in [0.15, 0.2) is 17.2 Å². The smallest absolute Gasteiger partial charge is 0.252 e. The van der Waals surface area contributed by atoms with Crippen LogP contribution in [-0.2, 0) is 0 Å². The van der Waals surface area contributed by atoms with E-state index in [-0.39, 0.29) is 5.56 Å². The van der Waals surface area contributed by atoms with Gasteiger partial charge in [-0.15, -0.1) is 0 Å². The monoisotopic (exact) mass is 209 g/mol. The van der Waals surface area contributed by atoms with Crippen LogP contribution in [-0.4, -0.2) is 34.3 Å². The van der Waals surface area contributed by atoms with Crippen molar-refractivity contribution >= 4 is 5.82 Å². The molecule has 0 atom stereocenters. The summed E-state index contributed by atoms with van der Waals surface area (Å²) >= 11 is 0. The molecule has 0 aromatic carbocycles. The lowest BCUT2D eigenvalue weighted by Gasteiger charge is -2.39. The van der Waals surface area contributed by atoms with E-state index in [0.717, 1.165) is 19.3 Å². The van der Waals surface area contributed by atoms with E-state index in [9.17, 15) is 9.90 Å². The zero-order valence-corrected chi connectivity index (χ0v) is 8.73. The fraction of sp³-hybridized carbons (Fsp3) is 0.600. The molecular weight excluding hydrogens is 194 g/mol. The average Bonchev–Trinajstić information content (AvgIpc) is 2.15. The molecule has 0 amide bonds. The molecule has 1 heterocycles. The van der Waals surface area contributed by atoms with Crippen molar-refractivity contribution in [2.75, 3.05) is 18.5 Å². The van der Waals surface area contributed by atoms with Gasteiger partial charge in [-0.25, -0.2) is 4.98 Å². The van der Waals surface area contributed by atoms with Crippen LogP contribution in [0.4, 0.5) is 5.82 Å². The lowest BCUT2D eigenvalue weighted by molar-refractivity contribution is -0.0248. The van der Waals surface area contributed by atoms with Crippen molar-refractivity contribution in [3.63, 3.8) is 0 Å². The molecule has 1 saturated carbocycles. The van der Waals surface area contributed by atoms with Gasteiger partial charge in [-0.3, -0.25) is 4.79 Å². The van der Waals surface area contributed by atoms with Gasteiger partial charge in [0.25, 0.3) is 5.56 Å². The molecule has 0 bridgehead atoms. The number of aliphatic hydroxyl groups is 1. The van der Waals surface area contributed by atoms with Gasteiger partial charge in [-0.1, -0.05) is 0 Å². The Morgan fingerprint density at radius 2 is 2.40 bits per heavy atom. The Morgan fingerprint density at radius 1 is 1.67 bits per heavy atom. The van der Waals surface area contributed by atoms with Crippen molar-refractivity contribution in [3.05, 3.63) is 22.7 Å². The van der Waals surface area contributed by atoms with E-state index in [2.05, 4.69) is 9.97 Å². The van der Waals surface area contributed by atoms with E-state index in [4.69, 9.17) is 0 Å². The summed E-state index contributed by atoms with van der Waals surface area (Å²) in [5, 5.41) is 9.96. The van der Waals surface area contributed by atoms with Crippen molar-refractivity contribution in [1.29, 1.82) is 0 Å². The summed E-state index contributed by atoms with van der Waals surface area (Å²) in [4.78, 5) is 19.4. The van der Waals surface area contributed by atoms with E-state index in [1.54, 1.807) is 0 Å². The quantitative estimate of drug-likeness (QED) is 0.742. The van der Waals surface area contributed by atoms with Gasteiger partial charge in [-0.2, -0.15) is 0 Å². The Bertz CT molecular complexity index is 398. The van der Waals surface area contributed by atoms with Crippen LogP contribution in [0.1, 0.15) is 19.3 Å². The minimum Gasteiger partial charge on any atom is -0.388 e. The number of anilines is 1. The highest BCUT2D eigenvalue weighted by Crippen LogP contribution is 2.32. The number of likely N-dealkylation sites (N-methyl/N-ethyl adjacent to an activating group) is 1. The standard InChI is InChI=1S/C10H15N3O2/c1-13(6-10(15)3-2-4-10)8-5-9(14)12-7-11-8/h5,7,15H,2-4,6H2,1H3,(H,11,12,14). The largest absolute Gasteiger partial charge is 0.388 e. The molecule has 5 heteroatoms. The Labute approximate surface area is 87.8 Å². The second-order valence-electron chi connectivity index (χ2n) is 4.20. The zero-order chi connectivity index (χ0) is 10.9. The molecule has 1 aliphatic carbocycles. The van der Waals surface area contributed by atoms with Gasteiger partial charge in [0, 0.05) is 19.7 Å². The molecule has 2 N–H and O–H groups in total. The molecule has 0 radical (unpaired) electrons. The Balaban J connectivity index is 2.07. The molecule has 1 aromatic heterocycles. The van der Waals surface area contributed by atoms with Gasteiger partial charge in [0.2, 0.25) is 0 Å². The molecule has 0 unspecified atom stereocenters. The highest BCUT2D eigenvalue weighted by molar-refractivity contribution is 5.35. The minimum atomic E-state index is -0.584. The third kappa shape index (κ3) is 2.18. The maximum absolute atomic E-state index is 11.1. The second-order valence-corrected chi connectivity index (χ2v) is 4.20. The SMILES string of the molecule is CN(CC1(O)CCC1)c1cc(=O)[nH]cn1. The number of H-pyrrole nitrogens is 1. The third-order valence-corrected chi connectivity index (χ3v) is 2.87. The lowest BCUT2D eigenvalue weighted by atomic mass is 9.80. The van der Waals surface area contributed by atoms with E-state index < -0.39 is 5.60 Å². The summed E-state index contributed by atoms with van der Waals surface area (Å²) in [7, 11) is 1.83. The number of hydrogen-bond donors (Lipinski definition) is 2. The topological polar surface area (TPSA) is 69.2 Å². The predicted molar refractivity (Wildman–Crippen MR) is 56.9 cm³/mol. The average molecular weight is 209 g/mol. The van der Waals surface area contributed by atoms with Gasteiger partial charge in [-0.05, 0) is 19.3 Å². The van der Waals surface area contributed by atoms with Crippen molar-refractivity contribution in [3.8, 4) is 0 Å². The van der Waals surface area contributed by atoms with Crippen molar-refractivity contribution in [1.82, 2.24) is 9.97 Å². The number of rotatable bonds is 3. The fourth-order valence-corrected chi connectivity index (χ4v) is 1.83. The number of nitrogens with one attached hydrogen (secondary N) is 1. The Kier molecular flexibility index (Phi) is 2.48. The number of nitrogens with zero attached hydrogens (tertiary/aromatic N) is 2. The molecule has 82 valence electrons. The van der Waals surface area contributed by atoms with E-state index in [1.165, 1.54) is 12.4 Å². The van der Waals surface area contributed by atoms with E-state index in [1.807, 2.05) is 11.9 Å². The highest BCUT2D eigenvalue weighted by atomic mass is 16.3. The summed E-state index contributed by atoms with van der Waals surface area (Å²) in [5.41, 5.74) is -0.758. The van der Waals surface area contributed by atoms with E-state index >= 15 is 0 Å². The summed E-state index contributed by atoms with van der Waals surface area (Å²) in [6.45, 7) is 0.531. The zero-order valence-electron chi connectivity index (χ0n) is 8.73. The van der Waals surface area contributed by atoms with Gasteiger partial charge in [0.05, 0.1) is 11.9 Å². The van der Waals surface area contributed by atoms with Gasteiger partial charge in [0.15, 0.2) is 0 Å². The second kappa shape index (κ2) is 3.66. The maximum atomic E-state index is 11.1. The summed E-state index contributed by atoms with van der Waals surface area (Å²) in [6, 6.07) is 1.43. The van der Waals surface area contributed by atoms with Crippen molar-refractivity contribution < 1.29 is 5.11 Å². The number of aromatic amines is 1. The van der Waals surface area contributed by atoms with Crippen LogP contribution >= 0.6 is 0 Å². The molecule has 0 spiro atoms.